The summed E-state index contributed by atoms with van der Waals surface area (Å²) in [6.45, 7) is 0.596. The lowest BCUT2D eigenvalue weighted by atomic mass is 9.89. The number of para-hydroxylation sites is 1. The van der Waals surface area contributed by atoms with Gasteiger partial charge in [0.1, 0.15) is 17.6 Å². The predicted molar refractivity (Wildman–Crippen MR) is 103 cm³/mol. The molecule has 5 nitrogen and oxygen atoms in total. The molecule has 3 aromatic carbocycles. The van der Waals surface area contributed by atoms with E-state index in [2.05, 4.69) is 0 Å². The molecule has 1 amide bonds. The third kappa shape index (κ3) is 3.27. The number of nitrogens with zero attached hydrogens (tertiary/aromatic N) is 1. The van der Waals surface area contributed by atoms with E-state index in [1.54, 1.807) is 17.0 Å². The van der Waals surface area contributed by atoms with Gasteiger partial charge in [-0.1, -0.05) is 36.4 Å². The van der Waals surface area contributed by atoms with Gasteiger partial charge in [0.25, 0.3) is 5.91 Å². The van der Waals surface area contributed by atoms with E-state index in [0.717, 1.165) is 11.1 Å². The van der Waals surface area contributed by atoms with Crippen molar-refractivity contribution in [2.45, 2.75) is 18.7 Å². The predicted octanol–water partition coefficient (Wildman–Crippen LogP) is 4.09. The maximum absolute atomic E-state index is 13.4. The highest BCUT2D eigenvalue weighted by molar-refractivity contribution is 5.89. The van der Waals surface area contributed by atoms with Crippen LogP contribution in [0.2, 0.25) is 0 Å². The Hall–Kier alpha value is -3.54. The molecule has 0 aromatic heterocycles. The van der Waals surface area contributed by atoms with E-state index in [1.165, 1.54) is 12.1 Å². The summed E-state index contributed by atoms with van der Waals surface area (Å²) in [5.74, 6) is 1.57. The van der Waals surface area contributed by atoms with Gasteiger partial charge < -0.3 is 19.1 Å². The molecule has 2 atom stereocenters. The lowest BCUT2D eigenvalue weighted by molar-refractivity contribution is -0.165. The van der Waals surface area contributed by atoms with Crippen molar-refractivity contribution in [3.63, 3.8) is 0 Å². The normalized spacial score (nSPS) is 19.8. The molecule has 3 aromatic rings. The number of rotatable bonds is 5. The van der Waals surface area contributed by atoms with Gasteiger partial charge in [-0.05, 0) is 47.5 Å². The average Bonchev–Trinajstić information content (AvgIpc) is 3.22. The summed E-state index contributed by atoms with van der Waals surface area (Å²) in [5, 5.41) is 0. The van der Waals surface area contributed by atoms with E-state index in [1.807, 2.05) is 48.5 Å². The Morgan fingerprint density at radius 2 is 1.72 bits per heavy atom. The monoisotopic (exact) mass is 391 g/mol. The Bertz CT molecular complexity index is 1040. The van der Waals surface area contributed by atoms with Gasteiger partial charge in [-0.25, -0.2) is 4.39 Å². The standard InChI is InChI=1S/C23H18FNO4/c24-17-9-7-16(8-10-17)21-22(29-18-4-2-1-3-5-18)23(26)25(21)13-15-6-11-19-20(12-15)28-14-27-19/h1-12,21-22H,13-14H2/t21-,22-/m1/s1. The van der Waals surface area contributed by atoms with Crippen LogP contribution in [0.25, 0.3) is 0 Å². The van der Waals surface area contributed by atoms with Crippen LogP contribution >= 0.6 is 0 Å². The van der Waals surface area contributed by atoms with Crippen LogP contribution in [0.5, 0.6) is 17.2 Å². The van der Waals surface area contributed by atoms with Gasteiger partial charge in [0.2, 0.25) is 12.9 Å². The van der Waals surface area contributed by atoms with Crippen molar-refractivity contribution >= 4 is 5.91 Å². The molecular weight excluding hydrogens is 373 g/mol. The summed E-state index contributed by atoms with van der Waals surface area (Å²) in [6, 6.07) is 20.7. The quantitative estimate of drug-likeness (QED) is 0.615. The molecule has 0 spiro atoms. The molecule has 6 heteroatoms. The molecule has 0 saturated carbocycles. The number of likely N-dealkylation sites (tertiary alicyclic amines) is 1. The summed E-state index contributed by atoms with van der Waals surface area (Å²) in [7, 11) is 0. The van der Waals surface area contributed by atoms with Gasteiger partial charge in [0.05, 0.1) is 0 Å². The smallest absolute Gasteiger partial charge is 0.267 e. The number of fused-ring (bicyclic) bond motifs is 1. The molecule has 0 radical (unpaired) electrons. The van der Waals surface area contributed by atoms with E-state index < -0.39 is 6.10 Å². The van der Waals surface area contributed by atoms with E-state index in [-0.39, 0.29) is 24.6 Å². The Balaban J connectivity index is 1.42. The average molecular weight is 391 g/mol. The van der Waals surface area contributed by atoms with Crippen molar-refractivity contribution < 1.29 is 23.4 Å². The molecule has 2 aliphatic rings. The number of carbonyl (C=O) groups is 1. The Kier molecular flexibility index (Phi) is 4.31. The topological polar surface area (TPSA) is 48.0 Å². The van der Waals surface area contributed by atoms with E-state index >= 15 is 0 Å². The van der Waals surface area contributed by atoms with Crippen LogP contribution in [0.4, 0.5) is 4.39 Å². The summed E-state index contributed by atoms with van der Waals surface area (Å²) in [4.78, 5) is 14.7. The fourth-order valence-electron chi connectivity index (χ4n) is 3.70. The molecule has 2 aliphatic heterocycles. The number of amides is 1. The van der Waals surface area contributed by atoms with Crippen LogP contribution in [0.1, 0.15) is 17.2 Å². The maximum Gasteiger partial charge on any atom is 0.267 e. The Morgan fingerprint density at radius 1 is 0.966 bits per heavy atom. The van der Waals surface area contributed by atoms with Gasteiger partial charge in [0, 0.05) is 6.54 Å². The molecule has 146 valence electrons. The Labute approximate surface area is 167 Å². The molecule has 0 bridgehead atoms. The molecule has 5 rings (SSSR count). The van der Waals surface area contributed by atoms with E-state index in [9.17, 15) is 9.18 Å². The van der Waals surface area contributed by atoms with Crippen LogP contribution in [0.3, 0.4) is 0 Å². The van der Waals surface area contributed by atoms with Crippen LogP contribution in [-0.4, -0.2) is 23.7 Å². The first kappa shape index (κ1) is 17.6. The molecule has 29 heavy (non-hydrogen) atoms. The van der Waals surface area contributed by atoms with Gasteiger partial charge in [-0.2, -0.15) is 0 Å². The molecule has 1 saturated heterocycles. The van der Waals surface area contributed by atoms with E-state index in [4.69, 9.17) is 14.2 Å². The minimum atomic E-state index is -0.656. The van der Waals surface area contributed by atoms with Crippen molar-refractivity contribution in [1.82, 2.24) is 4.90 Å². The van der Waals surface area contributed by atoms with Crippen molar-refractivity contribution in [2.75, 3.05) is 6.79 Å². The molecule has 0 aliphatic carbocycles. The van der Waals surface area contributed by atoms with Crippen LogP contribution < -0.4 is 14.2 Å². The summed E-state index contributed by atoms with van der Waals surface area (Å²) in [6.07, 6.45) is -0.656. The zero-order valence-corrected chi connectivity index (χ0v) is 15.5. The number of ether oxygens (including phenoxy) is 3. The van der Waals surface area contributed by atoms with Gasteiger partial charge in [-0.15, -0.1) is 0 Å². The van der Waals surface area contributed by atoms with Crippen molar-refractivity contribution in [2.24, 2.45) is 0 Å². The van der Waals surface area contributed by atoms with Crippen LogP contribution in [-0.2, 0) is 11.3 Å². The zero-order valence-electron chi connectivity index (χ0n) is 15.5. The first-order chi connectivity index (χ1) is 14.2. The number of benzene rings is 3. The van der Waals surface area contributed by atoms with Crippen LogP contribution in [0, 0.1) is 5.82 Å². The van der Waals surface area contributed by atoms with Crippen molar-refractivity contribution in [3.05, 3.63) is 89.7 Å². The highest BCUT2D eigenvalue weighted by Gasteiger charge is 2.50. The zero-order chi connectivity index (χ0) is 19.8. The number of hydrogen-bond donors (Lipinski definition) is 0. The molecular formula is C23H18FNO4. The highest BCUT2D eigenvalue weighted by Crippen LogP contribution is 2.40. The first-order valence-corrected chi connectivity index (χ1v) is 9.35. The maximum atomic E-state index is 13.4. The number of carbonyl (C=O) groups excluding carboxylic acids is 1. The third-order valence-corrected chi connectivity index (χ3v) is 5.16. The third-order valence-electron chi connectivity index (χ3n) is 5.16. The second-order valence-corrected chi connectivity index (χ2v) is 7.00. The van der Waals surface area contributed by atoms with Crippen molar-refractivity contribution in [1.29, 1.82) is 0 Å². The molecule has 0 N–H and O–H groups in total. The SMILES string of the molecule is O=C1[C@H](Oc2ccccc2)[C@@H](c2ccc(F)cc2)N1Cc1ccc2c(c1)OCO2. The molecule has 2 heterocycles. The van der Waals surface area contributed by atoms with Crippen molar-refractivity contribution in [3.8, 4) is 17.2 Å². The molecule has 0 unspecified atom stereocenters. The second kappa shape index (κ2) is 7.13. The number of hydrogen-bond acceptors (Lipinski definition) is 4. The molecule has 1 fully saturated rings. The number of halogens is 1. The fourth-order valence-corrected chi connectivity index (χ4v) is 3.70. The number of β-lactam (4-membered cyclic amide) rings is 1. The van der Waals surface area contributed by atoms with Gasteiger partial charge in [0.15, 0.2) is 11.5 Å². The van der Waals surface area contributed by atoms with Crippen LogP contribution in [0.15, 0.2) is 72.8 Å². The fraction of sp³-hybridized carbons (Fsp3) is 0.174. The van der Waals surface area contributed by atoms with Gasteiger partial charge >= 0.3 is 0 Å². The first-order valence-electron chi connectivity index (χ1n) is 9.35. The summed E-state index contributed by atoms with van der Waals surface area (Å²) >= 11 is 0. The minimum absolute atomic E-state index is 0.110. The van der Waals surface area contributed by atoms with E-state index in [0.29, 0.717) is 23.8 Å². The largest absolute Gasteiger partial charge is 0.478 e. The summed E-state index contributed by atoms with van der Waals surface area (Å²) in [5.41, 5.74) is 1.75. The Morgan fingerprint density at radius 3 is 2.52 bits per heavy atom. The van der Waals surface area contributed by atoms with Gasteiger partial charge in [-0.3, -0.25) is 4.79 Å². The second-order valence-electron chi connectivity index (χ2n) is 7.00. The lowest BCUT2D eigenvalue weighted by Gasteiger charge is -2.46. The summed E-state index contributed by atoms with van der Waals surface area (Å²) < 4.78 is 30.2. The lowest BCUT2D eigenvalue weighted by Crippen LogP contribution is -2.60. The minimum Gasteiger partial charge on any atom is -0.478 e. The highest BCUT2D eigenvalue weighted by atomic mass is 19.1.